The van der Waals surface area contributed by atoms with Gasteiger partial charge in [0.25, 0.3) is 0 Å². The molecule has 90 valence electrons. The van der Waals surface area contributed by atoms with Gasteiger partial charge in [0.05, 0.1) is 0 Å². The van der Waals surface area contributed by atoms with E-state index in [1.807, 2.05) is 0 Å². The van der Waals surface area contributed by atoms with Gasteiger partial charge in [0.15, 0.2) is 0 Å². The molecule has 5 atom stereocenters. The molecule has 0 spiro atoms. The zero-order valence-corrected chi connectivity index (χ0v) is 11.6. The van der Waals surface area contributed by atoms with Crippen molar-refractivity contribution < 1.29 is 0 Å². The van der Waals surface area contributed by atoms with Crippen LogP contribution in [0.3, 0.4) is 0 Å². The van der Waals surface area contributed by atoms with E-state index in [0.29, 0.717) is 0 Å². The van der Waals surface area contributed by atoms with E-state index in [1.54, 1.807) is 0 Å². The summed E-state index contributed by atoms with van der Waals surface area (Å²) < 4.78 is 0. The van der Waals surface area contributed by atoms with E-state index >= 15 is 0 Å². The molecule has 0 amide bonds. The van der Waals surface area contributed by atoms with Crippen LogP contribution in [-0.2, 0) is 0 Å². The summed E-state index contributed by atoms with van der Waals surface area (Å²) in [5.41, 5.74) is 0. The maximum absolute atomic E-state index is 2.46. The minimum atomic E-state index is 0.887. The van der Waals surface area contributed by atoms with Crippen LogP contribution < -0.4 is 0 Å². The Morgan fingerprint density at radius 3 is 2.07 bits per heavy atom. The predicted octanol–water partition coefficient (Wildman–Crippen LogP) is 4.99. The van der Waals surface area contributed by atoms with Gasteiger partial charge >= 0.3 is 0 Å². The molecule has 0 nitrogen and oxygen atoms in total. The molecule has 0 N–H and O–H groups in total. The van der Waals surface area contributed by atoms with Gasteiger partial charge in [0.2, 0.25) is 0 Å². The molecule has 0 saturated heterocycles. The Labute approximate surface area is 96.8 Å². The second-order valence-electron chi connectivity index (χ2n) is 6.29. The molecule has 1 aliphatic rings. The van der Waals surface area contributed by atoms with Gasteiger partial charge in [0, 0.05) is 0 Å². The first-order valence-electron chi connectivity index (χ1n) is 6.99. The Hall–Kier alpha value is 0. The van der Waals surface area contributed by atoms with Crippen molar-refractivity contribution in [3.05, 3.63) is 0 Å². The first kappa shape index (κ1) is 13.1. The molecule has 1 saturated carbocycles. The minimum absolute atomic E-state index is 0.887. The van der Waals surface area contributed by atoms with Gasteiger partial charge < -0.3 is 0 Å². The number of hydrogen-bond donors (Lipinski definition) is 0. The standard InChI is InChI=1S/C15H30/c1-7-11(4)8-9-14-12(5)13(6)15(14)10(2)3/h10-15H,7-9H2,1-6H3. The average molecular weight is 210 g/mol. The Morgan fingerprint density at radius 1 is 1.00 bits per heavy atom. The average Bonchev–Trinajstić information content (AvgIpc) is 2.21. The van der Waals surface area contributed by atoms with Crippen LogP contribution in [0, 0.1) is 35.5 Å². The zero-order valence-electron chi connectivity index (χ0n) is 11.6. The quantitative estimate of drug-likeness (QED) is 0.600. The third kappa shape index (κ3) is 2.77. The van der Waals surface area contributed by atoms with Gasteiger partial charge in [0.1, 0.15) is 0 Å². The van der Waals surface area contributed by atoms with Crippen LogP contribution in [0.5, 0.6) is 0 Å². The van der Waals surface area contributed by atoms with Crippen molar-refractivity contribution in [2.24, 2.45) is 35.5 Å². The van der Waals surface area contributed by atoms with Crippen molar-refractivity contribution in [3.63, 3.8) is 0 Å². The van der Waals surface area contributed by atoms with Gasteiger partial charge in [-0.3, -0.25) is 0 Å². The van der Waals surface area contributed by atoms with Crippen LogP contribution in [-0.4, -0.2) is 0 Å². The second-order valence-corrected chi connectivity index (χ2v) is 6.29. The van der Waals surface area contributed by atoms with E-state index in [1.165, 1.54) is 19.3 Å². The third-order valence-electron chi connectivity index (χ3n) is 5.07. The molecular weight excluding hydrogens is 180 g/mol. The highest BCUT2D eigenvalue weighted by molar-refractivity contribution is 4.93. The summed E-state index contributed by atoms with van der Waals surface area (Å²) in [6, 6.07) is 0. The Balaban J connectivity index is 2.40. The van der Waals surface area contributed by atoms with E-state index in [9.17, 15) is 0 Å². The van der Waals surface area contributed by atoms with Crippen molar-refractivity contribution >= 4 is 0 Å². The fraction of sp³-hybridized carbons (Fsp3) is 1.00. The topological polar surface area (TPSA) is 0 Å². The molecular formula is C15H30. The van der Waals surface area contributed by atoms with Crippen LogP contribution in [0.4, 0.5) is 0 Å². The van der Waals surface area contributed by atoms with Gasteiger partial charge in [-0.05, 0) is 41.9 Å². The smallest absolute Gasteiger partial charge is 0.0332 e. The SMILES string of the molecule is CCC(C)CCC1C(C)C(C)C1C(C)C. The van der Waals surface area contributed by atoms with E-state index in [2.05, 4.69) is 41.5 Å². The molecule has 1 rings (SSSR count). The molecule has 0 aliphatic heterocycles. The van der Waals surface area contributed by atoms with Gasteiger partial charge in [-0.1, -0.05) is 54.4 Å². The lowest BCUT2D eigenvalue weighted by Crippen LogP contribution is -2.46. The Kier molecular flexibility index (Phi) is 4.67. The van der Waals surface area contributed by atoms with Crippen LogP contribution in [0.2, 0.25) is 0 Å². The Bertz CT molecular complexity index is 182. The van der Waals surface area contributed by atoms with Gasteiger partial charge in [-0.2, -0.15) is 0 Å². The minimum Gasteiger partial charge on any atom is -0.0651 e. The highest BCUT2D eigenvalue weighted by Crippen LogP contribution is 2.51. The molecule has 15 heavy (non-hydrogen) atoms. The van der Waals surface area contributed by atoms with Crippen LogP contribution in [0.15, 0.2) is 0 Å². The van der Waals surface area contributed by atoms with Crippen molar-refractivity contribution in [1.82, 2.24) is 0 Å². The van der Waals surface area contributed by atoms with Crippen molar-refractivity contribution in [1.29, 1.82) is 0 Å². The normalized spacial score (nSPS) is 37.8. The summed E-state index contributed by atoms with van der Waals surface area (Å²) >= 11 is 0. The van der Waals surface area contributed by atoms with Gasteiger partial charge in [-0.15, -0.1) is 0 Å². The second kappa shape index (κ2) is 5.37. The molecule has 1 aliphatic carbocycles. The predicted molar refractivity (Wildman–Crippen MR) is 68.8 cm³/mol. The molecule has 0 heteroatoms. The summed E-state index contributed by atoms with van der Waals surface area (Å²) in [5.74, 6) is 5.78. The van der Waals surface area contributed by atoms with Gasteiger partial charge in [-0.25, -0.2) is 0 Å². The fourth-order valence-corrected chi connectivity index (χ4v) is 3.57. The zero-order chi connectivity index (χ0) is 11.6. The first-order valence-corrected chi connectivity index (χ1v) is 6.99. The lowest BCUT2D eigenvalue weighted by Gasteiger charge is -2.52. The fourth-order valence-electron chi connectivity index (χ4n) is 3.57. The highest BCUT2D eigenvalue weighted by atomic mass is 14.5. The van der Waals surface area contributed by atoms with Crippen LogP contribution in [0.25, 0.3) is 0 Å². The van der Waals surface area contributed by atoms with Crippen LogP contribution in [0.1, 0.15) is 60.8 Å². The summed E-state index contributed by atoms with van der Waals surface area (Å²) in [6.07, 6.45) is 4.27. The third-order valence-corrected chi connectivity index (χ3v) is 5.07. The van der Waals surface area contributed by atoms with E-state index in [-0.39, 0.29) is 0 Å². The van der Waals surface area contributed by atoms with Crippen molar-refractivity contribution in [3.8, 4) is 0 Å². The summed E-state index contributed by atoms with van der Waals surface area (Å²) in [5, 5.41) is 0. The van der Waals surface area contributed by atoms with Crippen molar-refractivity contribution in [2.75, 3.05) is 0 Å². The maximum Gasteiger partial charge on any atom is -0.0332 e. The maximum atomic E-state index is 2.46. The largest absolute Gasteiger partial charge is 0.0651 e. The summed E-state index contributed by atoms with van der Waals surface area (Å²) in [4.78, 5) is 0. The monoisotopic (exact) mass is 210 g/mol. The lowest BCUT2D eigenvalue weighted by atomic mass is 9.53. The van der Waals surface area contributed by atoms with E-state index in [4.69, 9.17) is 0 Å². The van der Waals surface area contributed by atoms with Crippen LogP contribution >= 0.6 is 0 Å². The molecule has 0 aromatic heterocycles. The molecule has 0 radical (unpaired) electrons. The molecule has 0 aromatic rings. The molecule has 0 bridgehead atoms. The highest BCUT2D eigenvalue weighted by Gasteiger charge is 2.45. The molecule has 0 heterocycles. The van der Waals surface area contributed by atoms with E-state index < -0.39 is 0 Å². The molecule has 1 fully saturated rings. The number of hydrogen-bond acceptors (Lipinski definition) is 0. The van der Waals surface area contributed by atoms with E-state index in [0.717, 1.165) is 35.5 Å². The lowest BCUT2D eigenvalue weighted by molar-refractivity contribution is -0.0375. The first-order chi connectivity index (χ1) is 6.99. The summed E-state index contributed by atoms with van der Waals surface area (Å²) in [6.45, 7) is 14.4. The number of rotatable bonds is 5. The molecule has 5 unspecified atom stereocenters. The molecule has 0 aromatic carbocycles. The van der Waals surface area contributed by atoms with Crippen molar-refractivity contribution in [2.45, 2.75) is 60.8 Å². The summed E-state index contributed by atoms with van der Waals surface area (Å²) in [7, 11) is 0. The Morgan fingerprint density at radius 2 is 1.60 bits per heavy atom.